The van der Waals surface area contributed by atoms with Crippen molar-refractivity contribution < 1.29 is 0 Å². The highest BCUT2D eigenvalue weighted by Gasteiger charge is 1.98. The molecule has 0 atom stereocenters. The Morgan fingerprint density at radius 1 is 1.45 bits per heavy atom. The van der Waals surface area contributed by atoms with E-state index in [1.54, 1.807) is 0 Å². The van der Waals surface area contributed by atoms with Crippen molar-refractivity contribution in [1.82, 2.24) is 0 Å². The number of hydrogen-bond acceptors (Lipinski definition) is 1. The molecule has 0 unspecified atom stereocenters. The molecule has 0 aliphatic carbocycles. The van der Waals surface area contributed by atoms with Crippen LogP contribution in [0.25, 0.3) is 0 Å². The monoisotopic (exact) mass is 147 g/mol. The fourth-order valence-corrected chi connectivity index (χ4v) is 1.26. The summed E-state index contributed by atoms with van der Waals surface area (Å²) in [7, 11) is 0. The summed E-state index contributed by atoms with van der Waals surface area (Å²) in [4.78, 5) is 0. The zero-order valence-electron chi connectivity index (χ0n) is 7.02. The quantitative estimate of drug-likeness (QED) is 0.622. The van der Waals surface area contributed by atoms with Crippen molar-refractivity contribution in [3.8, 4) is 0 Å². The zero-order chi connectivity index (χ0) is 8.27. The van der Waals surface area contributed by atoms with E-state index in [-0.39, 0.29) is 0 Å². The Hall–Kier alpha value is -1.11. The summed E-state index contributed by atoms with van der Waals surface area (Å²) < 4.78 is 0. The molecule has 58 valence electrons. The molecule has 0 fully saturated rings. The topological polar surface area (TPSA) is 23.9 Å². The lowest BCUT2D eigenvalue weighted by Gasteiger charge is -2.04. The van der Waals surface area contributed by atoms with Crippen molar-refractivity contribution >= 4 is 6.21 Å². The van der Waals surface area contributed by atoms with Gasteiger partial charge in [0, 0.05) is 6.21 Å². The zero-order valence-corrected chi connectivity index (χ0v) is 7.02. The van der Waals surface area contributed by atoms with Crippen LogP contribution in [0.3, 0.4) is 0 Å². The number of hydrogen-bond donors (Lipinski definition) is 1. The van der Waals surface area contributed by atoms with E-state index in [1.807, 2.05) is 19.1 Å². The van der Waals surface area contributed by atoms with E-state index < -0.39 is 0 Å². The average Bonchev–Trinajstić information content (AvgIpc) is 2.04. The first-order valence-electron chi connectivity index (χ1n) is 3.88. The Labute approximate surface area is 67.6 Å². The normalized spacial score (nSPS) is 9.64. The van der Waals surface area contributed by atoms with Crippen molar-refractivity contribution in [2.45, 2.75) is 20.3 Å². The van der Waals surface area contributed by atoms with Crippen LogP contribution < -0.4 is 0 Å². The van der Waals surface area contributed by atoms with Crippen LogP contribution in [0.15, 0.2) is 18.2 Å². The molecule has 11 heavy (non-hydrogen) atoms. The number of benzene rings is 1. The van der Waals surface area contributed by atoms with Crippen LogP contribution in [-0.4, -0.2) is 6.21 Å². The van der Waals surface area contributed by atoms with Gasteiger partial charge >= 0.3 is 0 Å². The van der Waals surface area contributed by atoms with Crippen molar-refractivity contribution in [1.29, 1.82) is 5.41 Å². The Bertz CT molecular complexity index is 264. The van der Waals surface area contributed by atoms with Crippen molar-refractivity contribution in [3.63, 3.8) is 0 Å². The Morgan fingerprint density at radius 2 is 2.18 bits per heavy atom. The third-order valence-corrected chi connectivity index (χ3v) is 1.94. The van der Waals surface area contributed by atoms with Crippen LogP contribution in [0.1, 0.15) is 23.6 Å². The van der Waals surface area contributed by atoms with Crippen LogP contribution >= 0.6 is 0 Å². The minimum absolute atomic E-state index is 1.01. The molecule has 0 radical (unpaired) electrons. The molecule has 1 aromatic rings. The van der Waals surface area contributed by atoms with Crippen molar-refractivity contribution in [2.24, 2.45) is 0 Å². The van der Waals surface area contributed by atoms with Gasteiger partial charge in [0.25, 0.3) is 0 Å². The summed E-state index contributed by atoms with van der Waals surface area (Å²) in [5, 5.41) is 7.20. The molecule has 1 aromatic carbocycles. The average molecular weight is 147 g/mol. The largest absolute Gasteiger partial charge is 0.308 e. The highest BCUT2D eigenvalue weighted by molar-refractivity contribution is 5.81. The van der Waals surface area contributed by atoms with E-state index in [2.05, 4.69) is 13.0 Å². The molecule has 0 spiro atoms. The number of rotatable bonds is 2. The summed E-state index contributed by atoms with van der Waals surface area (Å²) in [5.74, 6) is 0. The van der Waals surface area contributed by atoms with Gasteiger partial charge in [0.1, 0.15) is 0 Å². The van der Waals surface area contributed by atoms with Gasteiger partial charge in [0.05, 0.1) is 0 Å². The second-order valence-electron chi connectivity index (χ2n) is 2.65. The summed E-state index contributed by atoms with van der Waals surface area (Å²) in [6, 6.07) is 6.16. The van der Waals surface area contributed by atoms with Gasteiger partial charge in [-0.15, -0.1) is 0 Å². The Morgan fingerprint density at radius 3 is 2.64 bits per heavy atom. The molecule has 0 heterocycles. The molecule has 1 nitrogen and oxygen atoms in total. The molecule has 0 bridgehead atoms. The maximum Gasteiger partial charge on any atom is 0.0255 e. The summed E-state index contributed by atoms with van der Waals surface area (Å²) >= 11 is 0. The highest BCUT2D eigenvalue weighted by atomic mass is 14.3. The van der Waals surface area contributed by atoms with Gasteiger partial charge < -0.3 is 5.41 Å². The minimum atomic E-state index is 1.01. The van der Waals surface area contributed by atoms with Gasteiger partial charge in [-0.3, -0.25) is 0 Å². The molecular weight excluding hydrogens is 134 g/mol. The number of aryl methyl sites for hydroxylation is 2. The molecule has 0 aliphatic heterocycles. The molecule has 0 saturated heterocycles. The van der Waals surface area contributed by atoms with Gasteiger partial charge in [-0.25, -0.2) is 0 Å². The fraction of sp³-hybridized carbons (Fsp3) is 0.300. The predicted octanol–water partition coefficient (Wildman–Crippen LogP) is 2.56. The van der Waals surface area contributed by atoms with Crippen LogP contribution in [0, 0.1) is 12.3 Å². The lowest BCUT2D eigenvalue weighted by atomic mass is 10.0. The standard InChI is InChI=1S/C10H13N/c1-3-9-6-4-5-8(2)10(9)7-11/h4-7,11H,3H2,1-2H3. The lowest BCUT2D eigenvalue weighted by molar-refractivity contribution is 1.12. The van der Waals surface area contributed by atoms with Crippen molar-refractivity contribution in [3.05, 3.63) is 34.9 Å². The van der Waals surface area contributed by atoms with Crippen LogP contribution in [0.2, 0.25) is 0 Å². The van der Waals surface area contributed by atoms with Crippen LogP contribution in [-0.2, 0) is 6.42 Å². The van der Waals surface area contributed by atoms with Gasteiger partial charge in [0.15, 0.2) is 0 Å². The molecule has 0 saturated carbocycles. The molecule has 1 rings (SSSR count). The maximum absolute atomic E-state index is 7.20. The summed E-state index contributed by atoms with van der Waals surface area (Å²) in [5.41, 5.74) is 3.54. The van der Waals surface area contributed by atoms with Gasteiger partial charge in [0.2, 0.25) is 0 Å². The molecule has 0 amide bonds. The minimum Gasteiger partial charge on any atom is -0.308 e. The van der Waals surface area contributed by atoms with Gasteiger partial charge in [-0.1, -0.05) is 25.1 Å². The van der Waals surface area contributed by atoms with E-state index >= 15 is 0 Å². The van der Waals surface area contributed by atoms with E-state index in [0.717, 1.165) is 12.0 Å². The second kappa shape index (κ2) is 3.33. The lowest BCUT2D eigenvalue weighted by Crippen LogP contribution is -1.93. The third-order valence-electron chi connectivity index (χ3n) is 1.94. The van der Waals surface area contributed by atoms with Gasteiger partial charge in [-0.05, 0) is 30.0 Å². The predicted molar refractivity (Wildman–Crippen MR) is 48.4 cm³/mol. The highest BCUT2D eigenvalue weighted by Crippen LogP contribution is 2.11. The van der Waals surface area contributed by atoms with E-state index in [1.165, 1.54) is 17.3 Å². The smallest absolute Gasteiger partial charge is 0.0255 e. The maximum atomic E-state index is 7.20. The third kappa shape index (κ3) is 1.48. The first-order chi connectivity index (χ1) is 5.29. The fourth-order valence-electron chi connectivity index (χ4n) is 1.26. The van der Waals surface area contributed by atoms with Crippen LogP contribution in [0.4, 0.5) is 0 Å². The molecule has 1 heteroatoms. The summed E-state index contributed by atoms with van der Waals surface area (Å²) in [6.07, 6.45) is 2.44. The van der Waals surface area contributed by atoms with E-state index in [4.69, 9.17) is 5.41 Å². The molecular formula is C10H13N. The Kier molecular flexibility index (Phi) is 2.42. The second-order valence-corrected chi connectivity index (χ2v) is 2.65. The van der Waals surface area contributed by atoms with E-state index in [9.17, 15) is 0 Å². The summed E-state index contributed by atoms with van der Waals surface area (Å²) in [6.45, 7) is 4.15. The molecule has 0 aliphatic rings. The SMILES string of the molecule is CCc1cccc(C)c1C=N. The first kappa shape index (κ1) is 7.99. The number of nitrogens with one attached hydrogen (secondary N) is 1. The van der Waals surface area contributed by atoms with Crippen LogP contribution in [0.5, 0.6) is 0 Å². The van der Waals surface area contributed by atoms with E-state index in [0.29, 0.717) is 0 Å². The van der Waals surface area contributed by atoms with Gasteiger partial charge in [-0.2, -0.15) is 0 Å². The molecule has 1 N–H and O–H groups in total. The first-order valence-corrected chi connectivity index (χ1v) is 3.88. The molecule has 0 aromatic heterocycles. The Balaban J connectivity index is 3.24. The van der Waals surface area contributed by atoms with Crippen molar-refractivity contribution in [2.75, 3.05) is 0 Å².